The summed E-state index contributed by atoms with van der Waals surface area (Å²) in [6, 6.07) is 2.63. The van der Waals surface area contributed by atoms with Crippen molar-refractivity contribution in [3.8, 4) is 11.1 Å². The highest BCUT2D eigenvalue weighted by molar-refractivity contribution is 5.90. The van der Waals surface area contributed by atoms with E-state index in [0.717, 1.165) is 18.2 Å². The molecule has 0 unspecified atom stereocenters. The zero-order chi connectivity index (χ0) is 23.0. The standard InChI is InChI=1S/C21H24F3N3O4/c1-20(2,3)31-19(30)26-8-6-15(7-9-26)27-12-14(11-25-27)16-10-13(18(28)29)4-5-17(16)21(22,23)24/h4-5,10-12,15H,6-9H2,1-3H3,(H,28,29). The van der Waals surface area contributed by atoms with E-state index in [-0.39, 0.29) is 22.7 Å². The van der Waals surface area contributed by atoms with Gasteiger partial charge in [0.15, 0.2) is 0 Å². The average molecular weight is 439 g/mol. The molecule has 1 amide bonds. The third-order valence-corrected chi connectivity index (χ3v) is 4.97. The molecule has 0 saturated carbocycles. The minimum absolute atomic E-state index is 0.0931. The van der Waals surface area contributed by atoms with Crippen LogP contribution in [-0.4, -0.2) is 50.5 Å². The maximum absolute atomic E-state index is 13.4. The summed E-state index contributed by atoms with van der Waals surface area (Å²) in [6.07, 6.45) is -1.09. The number of benzene rings is 1. The lowest BCUT2D eigenvalue weighted by molar-refractivity contribution is -0.137. The second-order valence-electron chi connectivity index (χ2n) is 8.47. The van der Waals surface area contributed by atoms with E-state index in [2.05, 4.69) is 5.10 Å². The second kappa shape index (κ2) is 8.24. The number of piperidine rings is 1. The Morgan fingerprint density at radius 2 is 1.81 bits per heavy atom. The molecule has 1 saturated heterocycles. The molecule has 1 fully saturated rings. The number of carbonyl (C=O) groups excluding carboxylic acids is 1. The molecule has 2 heterocycles. The van der Waals surface area contributed by atoms with Crippen LogP contribution < -0.4 is 0 Å². The number of halogens is 3. The largest absolute Gasteiger partial charge is 0.478 e. The van der Waals surface area contributed by atoms with Gasteiger partial charge in [-0.25, -0.2) is 9.59 Å². The van der Waals surface area contributed by atoms with Crippen LogP contribution in [0.25, 0.3) is 11.1 Å². The number of hydrogen-bond donors (Lipinski definition) is 1. The molecule has 1 aromatic carbocycles. The lowest BCUT2D eigenvalue weighted by Gasteiger charge is -2.33. The number of carbonyl (C=O) groups is 2. The number of carboxylic acids is 1. The van der Waals surface area contributed by atoms with Crippen molar-refractivity contribution in [1.29, 1.82) is 0 Å². The third-order valence-electron chi connectivity index (χ3n) is 4.97. The van der Waals surface area contributed by atoms with Crippen molar-refractivity contribution in [2.45, 2.75) is 51.4 Å². The molecule has 3 rings (SSSR count). The van der Waals surface area contributed by atoms with Crippen LogP contribution in [0.15, 0.2) is 30.6 Å². The molecule has 10 heteroatoms. The SMILES string of the molecule is CC(C)(C)OC(=O)N1CCC(n2cc(-c3cc(C(=O)O)ccc3C(F)(F)F)cn2)CC1. The van der Waals surface area contributed by atoms with Crippen molar-refractivity contribution in [3.63, 3.8) is 0 Å². The number of amides is 1. The first-order valence-corrected chi connectivity index (χ1v) is 9.82. The summed E-state index contributed by atoms with van der Waals surface area (Å²) in [5.41, 5.74) is -1.79. The number of aromatic nitrogens is 2. The Balaban J connectivity index is 1.78. The van der Waals surface area contributed by atoms with Crippen molar-refractivity contribution < 1.29 is 32.6 Å². The van der Waals surface area contributed by atoms with Gasteiger partial charge in [-0.05, 0) is 57.4 Å². The number of hydrogen-bond acceptors (Lipinski definition) is 4. The maximum Gasteiger partial charge on any atom is 0.417 e. The summed E-state index contributed by atoms with van der Waals surface area (Å²) in [6.45, 7) is 6.25. The van der Waals surface area contributed by atoms with Gasteiger partial charge in [0.2, 0.25) is 0 Å². The van der Waals surface area contributed by atoms with Gasteiger partial charge in [-0.15, -0.1) is 0 Å². The molecule has 0 aliphatic carbocycles. The van der Waals surface area contributed by atoms with E-state index in [1.165, 1.54) is 12.4 Å². The molecule has 31 heavy (non-hydrogen) atoms. The summed E-state index contributed by atoms with van der Waals surface area (Å²) in [7, 11) is 0. The van der Waals surface area contributed by atoms with E-state index in [1.54, 1.807) is 30.4 Å². The molecule has 1 aliphatic heterocycles. The van der Waals surface area contributed by atoms with E-state index >= 15 is 0 Å². The minimum Gasteiger partial charge on any atom is -0.478 e. The molecular formula is C21H24F3N3O4. The first kappa shape index (κ1) is 22.6. The van der Waals surface area contributed by atoms with Crippen LogP contribution in [0.1, 0.15) is 55.6 Å². The Bertz CT molecular complexity index is 971. The van der Waals surface area contributed by atoms with Gasteiger partial charge in [0, 0.05) is 24.8 Å². The van der Waals surface area contributed by atoms with Crippen LogP contribution in [0.5, 0.6) is 0 Å². The van der Waals surface area contributed by atoms with Crippen LogP contribution >= 0.6 is 0 Å². The molecule has 168 valence electrons. The lowest BCUT2D eigenvalue weighted by atomic mass is 9.99. The molecule has 1 aromatic heterocycles. The van der Waals surface area contributed by atoms with Crippen LogP contribution in [0.2, 0.25) is 0 Å². The Labute approximate surface area is 177 Å². The first-order chi connectivity index (χ1) is 14.3. The number of rotatable bonds is 3. The van der Waals surface area contributed by atoms with Crippen LogP contribution in [0.3, 0.4) is 0 Å². The Morgan fingerprint density at radius 3 is 2.35 bits per heavy atom. The zero-order valence-corrected chi connectivity index (χ0v) is 17.4. The van der Waals surface area contributed by atoms with Crippen molar-refractivity contribution in [3.05, 3.63) is 41.7 Å². The van der Waals surface area contributed by atoms with Crippen molar-refractivity contribution in [1.82, 2.24) is 14.7 Å². The van der Waals surface area contributed by atoms with Gasteiger partial charge in [0.1, 0.15) is 5.60 Å². The van der Waals surface area contributed by atoms with Gasteiger partial charge in [0.05, 0.1) is 23.4 Å². The van der Waals surface area contributed by atoms with Crippen LogP contribution in [0.4, 0.5) is 18.0 Å². The quantitative estimate of drug-likeness (QED) is 0.740. The Hall–Kier alpha value is -3.04. The summed E-state index contributed by atoms with van der Waals surface area (Å²) in [5, 5.41) is 13.4. The van der Waals surface area contributed by atoms with E-state index in [1.807, 2.05) is 0 Å². The summed E-state index contributed by atoms with van der Waals surface area (Å²) >= 11 is 0. The Morgan fingerprint density at radius 1 is 1.16 bits per heavy atom. The molecule has 0 spiro atoms. The summed E-state index contributed by atoms with van der Waals surface area (Å²) in [5.74, 6) is -1.31. The molecule has 1 N–H and O–H groups in total. The highest BCUT2D eigenvalue weighted by Gasteiger charge is 2.35. The number of likely N-dealkylation sites (tertiary alicyclic amines) is 1. The summed E-state index contributed by atoms with van der Waals surface area (Å²) < 4.78 is 47.3. The van der Waals surface area contributed by atoms with Gasteiger partial charge in [-0.2, -0.15) is 18.3 Å². The van der Waals surface area contributed by atoms with Gasteiger partial charge in [-0.1, -0.05) is 0 Å². The van der Waals surface area contributed by atoms with Gasteiger partial charge in [0.25, 0.3) is 0 Å². The second-order valence-corrected chi connectivity index (χ2v) is 8.47. The van der Waals surface area contributed by atoms with Crippen LogP contribution in [0, 0.1) is 0 Å². The highest BCUT2D eigenvalue weighted by Crippen LogP contribution is 2.38. The maximum atomic E-state index is 13.4. The van der Waals surface area contributed by atoms with Crippen molar-refractivity contribution in [2.24, 2.45) is 0 Å². The number of carboxylic acid groups (broad SMARTS) is 1. The predicted molar refractivity (Wildman–Crippen MR) is 106 cm³/mol. The number of ether oxygens (including phenoxy) is 1. The number of nitrogens with zero attached hydrogens (tertiary/aromatic N) is 3. The normalized spacial score (nSPS) is 15.7. The molecule has 0 radical (unpaired) electrons. The highest BCUT2D eigenvalue weighted by atomic mass is 19.4. The van der Waals surface area contributed by atoms with Gasteiger partial charge < -0.3 is 14.7 Å². The summed E-state index contributed by atoms with van der Waals surface area (Å²) in [4.78, 5) is 25.0. The Kier molecular flexibility index (Phi) is 6.02. The average Bonchev–Trinajstić information content (AvgIpc) is 3.15. The third kappa shape index (κ3) is 5.36. The lowest BCUT2D eigenvalue weighted by Crippen LogP contribution is -2.42. The number of aromatic carboxylic acids is 1. The van der Waals surface area contributed by atoms with Crippen molar-refractivity contribution >= 4 is 12.1 Å². The fraction of sp³-hybridized carbons (Fsp3) is 0.476. The topological polar surface area (TPSA) is 84.7 Å². The molecule has 2 aromatic rings. The molecular weight excluding hydrogens is 415 g/mol. The first-order valence-electron chi connectivity index (χ1n) is 9.82. The predicted octanol–water partition coefficient (Wildman–Crippen LogP) is 4.84. The molecule has 7 nitrogen and oxygen atoms in total. The van der Waals surface area contributed by atoms with E-state index in [9.17, 15) is 22.8 Å². The van der Waals surface area contributed by atoms with E-state index < -0.39 is 29.4 Å². The molecule has 0 bridgehead atoms. The van der Waals surface area contributed by atoms with E-state index in [4.69, 9.17) is 9.84 Å². The fourth-order valence-electron chi connectivity index (χ4n) is 3.48. The van der Waals surface area contributed by atoms with Gasteiger partial charge >= 0.3 is 18.2 Å². The van der Waals surface area contributed by atoms with Crippen molar-refractivity contribution in [2.75, 3.05) is 13.1 Å². The fourth-order valence-corrected chi connectivity index (χ4v) is 3.48. The van der Waals surface area contributed by atoms with Crippen LogP contribution in [-0.2, 0) is 10.9 Å². The van der Waals surface area contributed by atoms with Gasteiger partial charge in [-0.3, -0.25) is 4.68 Å². The number of alkyl halides is 3. The van der Waals surface area contributed by atoms with E-state index in [0.29, 0.717) is 25.9 Å². The minimum atomic E-state index is -4.63. The monoisotopic (exact) mass is 439 g/mol. The molecule has 1 aliphatic rings. The molecule has 0 atom stereocenters. The zero-order valence-electron chi connectivity index (χ0n) is 17.4. The smallest absolute Gasteiger partial charge is 0.417 e.